The van der Waals surface area contributed by atoms with Crippen LogP contribution >= 0.6 is 11.8 Å². The molecule has 1 atom stereocenters. The van der Waals surface area contributed by atoms with Gasteiger partial charge >= 0.3 is 0 Å². The number of nitrogens with one attached hydrogen (secondary N) is 1. The summed E-state index contributed by atoms with van der Waals surface area (Å²) >= 11 is 1.97. The Morgan fingerprint density at radius 3 is 3.00 bits per heavy atom. The smallest absolute Gasteiger partial charge is 0.223 e. The molecular weight excluding hydrogens is 242 g/mol. The summed E-state index contributed by atoms with van der Waals surface area (Å²) in [7, 11) is 0. The van der Waals surface area contributed by atoms with Crippen molar-refractivity contribution >= 4 is 28.6 Å². The van der Waals surface area contributed by atoms with Crippen molar-refractivity contribution in [2.75, 3.05) is 16.8 Å². The third kappa shape index (κ3) is 3.60. The van der Waals surface area contributed by atoms with Crippen LogP contribution in [0.3, 0.4) is 0 Å². The number of anilines is 1. The number of hydrogen-bond acceptors (Lipinski definition) is 4. The van der Waals surface area contributed by atoms with Crippen molar-refractivity contribution in [3.63, 3.8) is 0 Å². The molecule has 0 bridgehead atoms. The summed E-state index contributed by atoms with van der Waals surface area (Å²) in [5, 5.41) is 4.44. The van der Waals surface area contributed by atoms with Crippen LogP contribution in [0.15, 0.2) is 30.5 Å². The second kappa shape index (κ2) is 6.59. The molecule has 1 unspecified atom stereocenters. The quantitative estimate of drug-likeness (QED) is 0.807. The Morgan fingerprint density at radius 1 is 1.33 bits per heavy atom. The molecule has 96 valence electrons. The first-order chi connectivity index (χ1) is 8.79. The monoisotopic (exact) mass is 261 g/mol. The molecule has 1 aromatic carbocycles. The van der Waals surface area contributed by atoms with Crippen LogP contribution in [0, 0.1) is 0 Å². The van der Waals surface area contributed by atoms with E-state index in [4.69, 9.17) is 0 Å². The number of benzene rings is 1. The normalized spacial score (nSPS) is 12.6. The molecule has 18 heavy (non-hydrogen) atoms. The average molecular weight is 261 g/mol. The van der Waals surface area contributed by atoms with Crippen molar-refractivity contribution in [2.45, 2.75) is 26.3 Å². The number of para-hydroxylation sites is 1. The van der Waals surface area contributed by atoms with Gasteiger partial charge in [0, 0.05) is 17.6 Å². The predicted molar refractivity (Wildman–Crippen MR) is 80.2 cm³/mol. The average Bonchev–Trinajstić information content (AvgIpc) is 2.39. The molecule has 0 saturated heterocycles. The van der Waals surface area contributed by atoms with Crippen molar-refractivity contribution in [1.29, 1.82) is 0 Å². The Bertz CT molecular complexity index is 501. The Balaban J connectivity index is 1.98. The van der Waals surface area contributed by atoms with Crippen molar-refractivity contribution in [3.8, 4) is 0 Å². The van der Waals surface area contributed by atoms with Crippen LogP contribution in [-0.2, 0) is 0 Å². The molecule has 2 rings (SSSR count). The number of hydrogen-bond donors (Lipinski definition) is 1. The maximum atomic E-state index is 4.51. The molecule has 1 aromatic heterocycles. The van der Waals surface area contributed by atoms with Crippen LogP contribution in [0.25, 0.3) is 10.9 Å². The molecule has 0 aliphatic carbocycles. The van der Waals surface area contributed by atoms with E-state index in [-0.39, 0.29) is 0 Å². The molecule has 1 N–H and O–H groups in total. The first kappa shape index (κ1) is 13.1. The van der Waals surface area contributed by atoms with E-state index in [2.05, 4.69) is 29.1 Å². The largest absolute Gasteiger partial charge is 0.352 e. The Morgan fingerprint density at radius 2 is 2.17 bits per heavy atom. The lowest BCUT2D eigenvalue weighted by atomic mass is 10.2. The summed E-state index contributed by atoms with van der Waals surface area (Å²) in [6.45, 7) is 4.37. The standard InChI is InChI=1S/C14H19N3S/c1-3-18-9-8-11(2)16-14-15-10-12-6-4-5-7-13(12)17-14/h4-7,10-11H,3,8-9H2,1-2H3,(H,15,16,17). The van der Waals surface area contributed by atoms with Crippen LogP contribution in [0.4, 0.5) is 5.95 Å². The highest BCUT2D eigenvalue weighted by atomic mass is 32.2. The predicted octanol–water partition coefficient (Wildman–Crippen LogP) is 3.57. The van der Waals surface area contributed by atoms with Gasteiger partial charge in [0.1, 0.15) is 0 Å². The Hall–Kier alpha value is -1.29. The second-order valence-electron chi connectivity index (χ2n) is 4.28. The van der Waals surface area contributed by atoms with Crippen LogP contribution < -0.4 is 5.32 Å². The van der Waals surface area contributed by atoms with Gasteiger partial charge in [0.25, 0.3) is 0 Å². The van der Waals surface area contributed by atoms with E-state index < -0.39 is 0 Å². The van der Waals surface area contributed by atoms with Crippen LogP contribution in [0.2, 0.25) is 0 Å². The van der Waals surface area contributed by atoms with E-state index in [1.54, 1.807) is 0 Å². The SMILES string of the molecule is CCSCCC(C)Nc1ncc2ccccc2n1. The molecule has 3 nitrogen and oxygen atoms in total. The molecule has 0 spiro atoms. The maximum absolute atomic E-state index is 4.51. The zero-order valence-corrected chi connectivity index (χ0v) is 11.7. The Kier molecular flexibility index (Phi) is 4.81. The molecule has 0 fully saturated rings. The van der Waals surface area contributed by atoms with E-state index in [1.807, 2.05) is 42.2 Å². The van der Waals surface area contributed by atoms with Gasteiger partial charge in [-0.25, -0.2) is 9.97 Å². The zero-order valence-electron chi connectivity index (χ0n) is 10.9. The summed E-state index contributed by atoms with van der Waals surface area (Å²) in [4.78, 5) is 8.86. The van der Waals surface area contributed by atoms with Gasteiger partial charge in [0.05, 0.1) is 5.52 Å². The van der Waals surface area contributed by atoms with E-state index in [9.17, 15) is 0 Å². The molecule has 0 radical (unpaired) electrons. The van der Waals surface area contributed by atoms with Gasteiger partial charge in [-0.2, -0.15) is 11.8 Å². The number of fused-ring (bicyclic) bond motifs is 1. The highest BCUT2D eigenvalue weighted by Gasteiger charge is 2.04. The fourth-order valence-electron chi connectivity index (χ4n) is 1.74. The lowest BCUT2D eigenvalue weighted by molar-refractivity contribution is 0.761. The van der Waals surface area contributed by atoms with Crippen LogP contribution in [0.1, 0.15) is 20.3 Å². The van der Waals surface area contributed by atoms with Gasteiger partial charge in [-0.05, 0) is 30.9 Å². The lowest BCUT2D eigenvalue weighted by Crippen LogP contribution is -2.17. The van der Waals surface area contributed by atoms with Crippen LogP contribution in [0.5, 0.6) is 0 Å². The summed E-state index contributed by atoms with van der Waals surface area (Å²) < 4.78 is 0. The number of thioether (sulfide) groups is 1. The molecule has 1 heterocycles. The van der Waals surface area contributed by atoms with E-state index >= 15 is 0 Å². The van der Waals surface area contributed by atoms with Gasteiger partial charge in [-0.3, -0.25) is 0 Å². The highest BCUT2D eigenvalue weighted by Crippen LogP contribution is 2.13. The number of aromatic nitrogens is 2. The van der Waals surface area contributed by atoms with Crippen molar-refractivity contribution in [1.82, 2.24) is 9.97 Å². The van der Waals surface area contributed by atoms with Gasteiger partial charge in [0.2, 0.25) is 5.95 Å². The van der Waals surface area contributed by atoms with E-state index in [1.165, 1.54) is 11.5 Å². The van der Waals surface area contributed by atoms with Gasteiger partial charge in [-0.1, -0.05) is 25.1 Å². The van der Waals surface area contributed by atoms with Gasteiger partial charge < -0.3 is 5.32 Å². The topological polar surface area (TPSA) is 37.8 Å². The molecule has 0 amide bonds. The van der Waals surface area contributed by atoms with Gasteiger partial charge in [-0.15, -0.1) is 0 Å². The maximum Gasteiger partial charge on any atom is 0.223 e. The van der Waals surface area contributed by atoms with Crippen LogP contribution in [-0.4, -0.2) is 27.5 Å². The summed E-state index contributed by atoms with van der Waals surface area (Å²) in [6, 6.07) is 8.45. The highest BCUT2D eigenvalue weighted by molar-refractivity contribution is 7.99. The molecule has 2 aromatic rings. The minimum atomic E-state index is 0.408. The molecule has 0 aliphatic rings. The fraction of sp³-hybridized carbons (Fsp3) is 0.429. The molecule has 4 heteroatoms. The summed E-state index contributed by atoms with van der Waals surface area (Å²) in [5.74, 6) is 3.08. The van der Waals surface area contributed by atoms with Gasteiger partial charge in [0.15, 0.2) is 0 Å². The first-order valence-corrected chi connectivity index (χ1v) is 7.51. The third-order valence-electron chi connectivity index (χ3n) is 2.76. The molecule has 0 aliphatic heterocycles. The first-order valence-electron chi connectivity index (χ1n) is 6.35. The fourth-order valence-corrected chi connectivity index (χ4v) is 2.55. The summed E-state index contributed by atoms with van der Waals surface area (Å²) in [5.41, 5.74) is 0.991. The zero-order chi connectivity index (χ0) is 12.8. The number of nitrogens with zero attached hydrogens (tertiary/aromatic N) is 2. The minimum absolute atomic E-state index is 0.408. The number of rotatable bonds is 6. The van der Waals surface area contributed by atoms with E-state index in [0.29, 0.717) is 6.04 Å². The van der Waals surface area contributed by atoms with E-state index in [0.717, 1.165) is 23.3 Å². The minimum Gasteiger partial charge on any atom is -0.352 e. The molecule has 0 saturated carbocycles. The molecular formula is C14H19N3S. The Labute approximate surface area is 112 Å². The third-order valence-corrected chi connectivity index (χ3v) is 3.70. The van der Waals surface area contributed by atoms with Crippen molar-refractivity contribution < 1.29 is 0 Å². The summed E-state index contributed by atoms with van der Waals surface area (Å²) in [6.07, 6.45) is 3.01. The lowest BCUT2D eigenvalue weighted by Gasteiger charge is -2.13. The van der Waals surface area contributed by atoms with Crippen molar-refractivity contribution in [2.24, 2.45) is 0 Å². The second-order valence-corrected chi connectivity index (χ2v) is 5.68. The van der Waals surface area contributed by atoms with Crippen molar-refractivity contribution in [3.05, 3.63) is 30.5 Å².